The fraction of sp³-hybridized carbons (Fsp3) is 0.533. The minimum Gasteiger partial charge on any atom is -0.497 e. The lowest BCUT2D eigenvalue weighted by atomic mass is 9.83. The van der Waals surface area contributed by atoms with Gasteiger partial charge in [-0.2, -0.15) is 0 Å². The highest BCUT2D eigenvalue weighted by Crippen LogP contribution is 2.36. The van der Waals surface area contributed by atoms with Gasteiger partial charge in [-0.15, -0.1) is 0 Å². The summed E-state index contributed by atoms with van der Waals surface area (Å²) in [4.78, 5) is 12.6. The van der Waals surface area contributed by atoms with Crippen molar-refractivity contribution in [2.75, 3.05) is 14.2 Å². The average molecular weight is 261 g/mol. The number of ketones is 1. The molecule has 0 amide bonds. The van der Waals surface area contributed by atoms with E-state index in [-0.39, 0.29) is 11.7 Å². The van der Waals surface area contributed by atoms with E-state index in [1.807, 2.05) is 0 Å². The summed E-state index contributed by atoms with van der Waals surface area (Å²) in [6, 6.07) is 6.28. The van der Waals surface area contributed by atoms with Gasteiger partial charge in [-0.25, -0.2) is 0 Å². The zero-order chi connectivity index (χ0) is 13.4. The minimum absolute atomic E-state index is 0.107. The number of carbonyl (C=O) groups is 1. The van der Waals surface area contributed by atoms with Crippen LogP contribution >= 0.6 is 0 Å². The first kappa shape index (κ1) is 12.5. The van der Waals surface area contributed by atoms with Gasteiger partial charge in [0, 0.05) is 29.6 Å². The molecule has 1 aromatic rings. The molecule has 0 aromatic heterocycles. The molecule has 2 saturated heterocycles. The number of fused-ring (bicyclic) bond motifs is 2. The van der Waals surface area contributed by atoms with Gasteiger partial charge in [0.15, 0.2) is 5.78 Å². The summed E-state index contributed by atoms with van der Waals surface area (Å²) in [5.74, 6) is 1.64. The first-order valence-electron chi connectivity index (χ1n) is 6.74. The van der Waals surface area contributed by atoms with Crippen molar-refractivity contribution in [1.82, 2.24) is 5.32 Å². The smallest absolute Gasteiger partial charge is 0.167 e. The maximum Gasteiger partial charge on any atom is 0.167 e. The molecule has 3 atom stereocenters. The molecule has 102 valence electrons. The monoisotopic (exact) mass is 261 g/mol. The van der Waals surface area contributed by atoms with Crippen molar-refractivity contribution in [1.29, 1.82) is 0 Å². The Hall–Kier alpha value is -1.55. The van der Waals surface area contributed by atoms with E-state index in [2.05, 4.69) is 5.32 Å². The number of nitrogens with one attached hydrogen (secondary N) is 1. The topological polar surface area (TPSA) is 47.6 Å². The standard InChI is InChI=1S/C15H19NO3/c1-18-11-5-9(6-12(8-11)19-2)15(17)13-7-10-3-4-14(13)16-10/h5-6,8,10,13-14,16H,3-4,7H2,1-2H3. The van der Waals surface area contributed by atoms with E-state index < -0.39 is 0 Å². The minimum atomic E-state index is 0.107. The van der Waals surface area contributed by atoms with Gasteiger partial charge in [-0.1, -0.05) is 0 Å². The average Bonchev–Trinajstić information content (AvgIpc) is 3.08. The van der Waals surface area contributed by atoms with E-state index in [9.17, 15) is 4.79 Å². The van der Waals surface area contributed by atoms with Gasteiger partial charge < -0.3 is 14.8 Å². The summed E-state index contributed by atoms with van der Waals surface area (Å²) in [6.45, 7) is 0. The number of hydrogen-bond donors (Lipinski definition) is 1. The fourth-order valence-corrected chi connectivity index (χ4v) is 3.28. The second-order valence-corrected chi connectivity index (χ2v) is 5.36. The Labute approximate surface area is 113 Å². The Bertz CT molecular complexity index is 478. The van der Waals surface area contributed by atoms with Crippen molar-refractivity contribution in [2.45, 2.75) is 31.3 Å². The lowest BCUT2D eigenvalue weighted by Gasteiger charge is -2.19. The van der Waals surface area contributed by atoms with Crippen LogP contribution in [0.25, 0.3) is 0 Å². The molecule has 3 unspecified atom stereocenters. The third-order valence-corrected chi connectivity index (χ3v) is 4.27. The van der Waals surface area contributed by atoms with Crippen LogP contribution in [0, 0.1) is 5.92 Å². The molecule has 0 radical (unpaired) electrons. The SMILES string of the molecule is COc1cc(OC)cc(C(=O)C2CC3CCC2N3)c1. The fourth-order valence-electron chi connectivity index (χ4n) is 3.28. The number of benzene rings is 1. The van der Waals surface area contributed by atoms with Crippen molar-refractivity contribution in [3.63, 3.8) is 0 Å². The van der Waals surface area contributed by atoms with Crippen LogP contribution < -0.4 is 14.8 Å². The second-order valence-electron chi connectivity index (χ2n) is 5.36. The summed E-state index contributed by atoms with van der Waals surface area (Å²) < 4.78 is 10.4. The summed E-state index contributed by atoms with van der Waals surface area (Å²) >= 11 is 0. The summed E-state index contributed by atoms with van der Waals surface area (Å²) in [5.41, 5.74) is 0.690. The molecule has 0 saturated carbocycles. The van der Waals surface area contributed by atoms with Crippen molar-refractivity contribution in [2.24, 2.45) is 5.92 Å². The summed E-state index contributed by atoms with van der Waals surface area (Å²) in [6.07, 6.45) is 3.28. The van der Waals surface area contributed by atoms with Crippen LogP contribution in [0.5, 0.6) is 11.5 Å². The molecule has 4 heteroatoms. The van der Waals surface area contributed by atoms with Crippen LogP contribution in [-0.2, 0) is 0 Å². The van der Waals surface area contributed by atoms with Crippen molar-refractivity contribution in [3.05, 3.63) is 23.8 Å². The Balaban J connectivity index is 1.87. The number of rotatable bonds is 4. The van der Waals surface area contributed by atoms with E-state index in [0.29, 0.717) is 29.1 Å². The first-order valence-corrected chi connectivity index (χ1v) is 6.74. The van der Waals surface area contributed by atoms with E-state index in [1.54, 1.807) is 32.4 Å². The van der Waals surface area contributed by atoms with Crippen molar-refractivity contribution >= 4 is 5.78 Å². The van der Waals surface area contributed by atoms with Gasteiger partial charge >= 0.3 is 0 Å². The largest absolute Gasteiger partial charge is 0.497 e. The molecule has 1 aromatic carbocycles. The Morgan fingerprint density at radius 2 is 1.84 bits per heavy atom. The number of methoxy groups -OCH3 is 2. The zero-order valence-electron chi connectivity index (χ0n) is 11.3. The highest BCUT2D eigenvalue weighted by Gasteiger charge is 2.42. The van der Waals surface area contributed by atoms with Crippen LogP contribution in [0.1, 0.15) is 29.6 Å². The van der Waals surface area contributed by atoms with Gasteiger partial charge in [0.25, 0.3) is 0 Å². The third-order valence-electron chi connectivity index (χ3n) is 4.27. The van der Waals surface area contributed by atoms with Crippen LogP contribution in [0.15, 0.2) is 18.2 Å². The molecule has 2 aliphatic heterocycles. The molecule has 2 heterocycles. The molecule has 2 fully saturated rings. The highest BCUT2D eigenvalue weighted by molar-refractivity contribution is 5.99. The van der Waals surface area contributed by atoms with Crippen LogP contribution in [0.3, 0.4) is 0 Å². The van der Waals surface area contributed by atoms with E-state index in [4.69, 9.17) is 9.47 Å². The van der Waals surface area contributed by atoms with Crippen molar-refractivity contribution < 1.29 is 14.3 Å². The molecule has 0 aliphatic carbocycles. The highest BCUT2D eigenvalue weighted by atomic mass is 16.5. The van der Waals surface area contributed by atoms with Crippen LogP contribution in [0.4, 0.5) is 0 Å². The van der Waals surface area contributed by atoms with Crippen molar-refractivity contribution in [3.8, 4) is 11.5 Å². The van der Waals surface area contributed by atoms with Gasteiger partial charge in [-0.3, -0.25) is 4.79 Å². The Morgan fingerprint density at radius 3 is 2.32 bits per heavy atom. The second kappa shape index (κ2) is 4.85. The van der Waals surface area contributed by atoms with Gasteiger partial charge in [0.2, 0.25) is 0 Å². The Kier molecular flexibility index (Phi) is 3.19. The molecule has 0 spiro atoms. The molecular weight excluding hydrogens is 242 g/mol. The number of hydrogen-bond acceptors (Lipinski definition) is 4. The number of ether oxygens (including phenoxy) is 2. The van der Waals surface area contributed by atoms with Crippen LogP contribution in [0.2, 0.25) is 0 Å². The molecule has 1 N–H and O–H groups in total. The molecule has 19 heavy (non-hydrogen) atoms. The predicted octanol–water partition coefficient (Wildman–Crippen LogP) is 2.03. The maximum atomic E-state index is 12.6. The molecular formula is C15H19NO3. The molecule has 3 rings (SSSR count). The lowest BCUT2D eigenvalue weighted by molar-refractivity contribution is 0.0900. The van der Waals surface area contributed by atoms with Gasteiger partial charge in [0.05, 0.1) is 14.2 Å². The Morgan fingerprint density at radius 1 is 1.16 bits per heavy atom. The van der Waals surface area contributed by atoms with E-state index in [0.717, 1.165) is 12.8 Å². The van der Waals surface area contributed by atoms with Crippen LogP contribution in [-0.4, -0.2) is 32.1 Å². The first-order chi connectivity index (χ1) is 9.21. The van der Waals surface area contributed by atoms with Gasteiger partial charge in [0.1, 0.15) is 11.5 Å². The predicted molar refractivity (Wildman–Crippen MR) is 71.9 cm³/mol. The van der Waals surface area contributed by atoms with E-state index in [1.165, 1.54) is 6.42 Å². The normalized spacial score (nSPS) is 28.4. The van der Waals surface area contributed by atoms with E-state index >= 15 is 0 Å². The molecule has 4 nitrogen and oxygen atoms in total. The zero-order valence-corrected chi connectivity index (χ0v) is 11.3. The summed E-state index contributed by atoms with van der Waals surface area (Å²) in [5, 5.41) is 3.50. The quantitative estimate of drug-likeness (QED) is 0.842. The molecule has 2 bridgehead atoms. The third kappa shape index (κ3) is 2.21. The number of carbonyl (C=O) groups excluding carboxylic acids is 1. The number of Topliss-reactive ketones (excluding diaryl/α,β-unsaturated/α-hetero) is 1. The summed E-state index contributed by atoms with van der Waals surface area (Å²) in [7, 11) is 3.20. The lowest BCUT2D eigenvalue weighted by Crippen LogP contribution is -2.28. The molecule has 2 aliphatic rings. The van der Waals surface area contributed by atoms with Gasteiger partial charge in [-0.05, 0) is 31.4 Å². The maximum absolute atomic E-state index is 12.6.